The normalized spacial score (nSPS) is 24.0. The Morgan fingerprint density at radius 1 is 1.35 bits per heavy atom. The molecule has 2 aliphatic rings. The van der Waals surface area contributed by atoms with Crippen molar-refractivity contribution in [1.29, 1.82) is 0 Å². The van der Waals surface area contributed by atoms with Crippen molar-refractivity contribution in [3.63, 3.8) is 0 Å². The number of benzene rings is 1. The van der Waals surface area contributed by atoms with E-state index >= 15 is 0 Å². The van der Waals surface area contributed by atoms with Gasteiger partial charge < -0.3 is 15.4 Å². The number of esters is 1. The predicted octanol–water partition coefficient (Wildman–Crippen LogP) is 1.60. The van der Waals surface area contributed by atoms with Crippen LogP contribution in [0.5, 0.6) is 0 Å². The van der Waals surface area contributed by atoms with Crippen molar-refractivity contribution in [1.82, 2.24) is 10.6 Å². The first kappa shape index (κ1) is 15.7. The third kappa shape index (κ3) is 3.79. The van der Waals surface area contributed by atoms with Gasteiger partial charge in [-0.25, -0.2) is 0 Å². The number of carbonyl (C=O) groups excluding carboxylic acids is 2. The molecule has 122 valence electrons. The minimum Gasteiger partial charge on any atom is -0.460 e. The quantitative estimate of drug-likeness (QED) is 0.829. The molecule has 5 nitrogen and oxygen atoms in total. The van der Waals surface area contributed by atoms with Crippen molar-refractivity contribution in [3.8, 4) is 0 Å². The number of rotatable bonds is 4. The average molecular weight is 314 g/mol. The van der Waals surface area contributed by atoms with Crippen molar-refractivity contribution in [2.45, 2.75) is 31.8 Å². The van der Waals surface area contributed by atoms with E-state index in [4.69, 9.17) is 4.74 Å². The van der Waals surface area contributed by atoms with Gasteiger partial charge in [-0.1, -0.05) is 30.3 Å². The molecule has 5 heteroatoms. The standard InChI is InChI=1S/C18H22N2O3/c1-12(21)20-11-16-10-17(18(22)23-16)15-4-2-13(3-5-15)14-6-8-19-9-7-14/h2-6,16-17,19H,7-11H2,1H3,(H,20,21)/t16?,17-/m1/s1. The zero-order chi connectivity index (χ0) is 16.2. The maximum Gasteiger partial charge on any atom is 0.313 e. The predicted molar refractivity (Wildman–Crippen MR) is 87.8 cm³/mol. The number of hydrogen-bond donors (Lipinski definition) is 2. The molecule has 1 aromatic rings. The van der Waals surface area contributed by atoms with Crippen molar-refractivity contribution in [2.24, 2.45) is 0 Å². The highest BCUT2D eigenvalue weighted by atomic mass is 16.6. The average Bonchev–Trinajstić information content (AvgIpc) is 2.95. The monoisotopic (exact) mass is 314 g/mol. The molecule has 1 aromatic carbocycles. The molecular formula is C18H22N2O3. The first-order valence-corrected chi connectivity index (χ1v) is 8.08. The van der Waals surface area contributed by atoms with Gasteiger partial charge in [0.2, 0.25) is 5.91 Å². The molecule has 1 fully saturated rings. The summed E-state index contributed by atoms with van der Waals surface area (Å²) < 4.78 is 5.35. The minimum atomic E-state index is -0.233. The maximum atomic E-state index is 12.1. The van der Waals surface area contributed by atoms with E-state index < -0.39 is 0 Å². The van der Waals surface area contributed by atoms with E-state index in [0.29, 0.717) is 13.0 Å². The molecule has 2 atom stereocenters. The van der Waals surface area contributed by atoms with Gasteiger partial charge in [-0.15, -0.1) is 0 Å². The van der Waals surface area contributed by atoms with Crippen LogP contribution in [-0.4, -0.2) is 37.6 Å². The van der Waals surface area contributed by atoms with Gasteiger partial charge >= 0.3 is 5.97 Å². The van der Waals surface area contributed by atoms with E-state index in [0.717, 1.165) is 25.1 Å². The van der Waals surface area contributed by atoms with Crippen LogP contribution in [0.15, 0.2) is 30.3 Å². The summed E-state index contributed by atoms with van der Waals surface area (Å²) in [6.07, 6.45) is 3.63. The van der Waals surface area contributed by atoms with E-state index in [9.17, 15) is 9.59 Å². The second-order valence-corrected chi connectivity index (χ2v) is 6.09. The SMILES string of the molecule is CC(=O)NCC1C[C@H](c2ccc(C3=CCNCC3)cc2)C(=O)O1. The van der Waals surface area contributed by atoms with Crippen LogP contribution in [0.1, 0.15) is 36.8 Å². The smallest absolute Gasteiger partial charge is 0.313 e. The molecule has 1 saturated heterocycles. The van der Waals surface area contributed by atoms with Gasteiger partial charge in [0.1, 0.15) is 6.10 Å². The Kier molecular flexibility index (Phi) is 4.76. The Hall–Kier alpha value is -2.14. The van der Waals surface area contributed by atoms with Gasteiger partial charge in [0, 0.05) is 19.9 Å². The molecule has 1 amide bonds. The van der Waals surface area contributed by atoms with Gasteiger partial charge in [-0.3, -0.25) is 9.59 Å². The summed E-state index contributed by atoms with van der Waals surface area (Å²) >= 11 is 0. The topological polar surface area (TPSA) is 67.4 Å². The Morgan fingerprint density at radius 3 is 2.78 bits per heavy atom. The van der Waals surface area contributed by atoms with Gasteiger partial charge in [-0.2, -0.15) is 0 Å². The summed E-state index contributed by atoms with van der Waals surface area (Å²) in [6, 6.07) is 8.21. The largest absolute Gasteiger partial charge is 0.460 e. The van der Waals surface area contributed by atoms with Crippen LogP contribution >= 0.6 is 0 Å². The highest BCUT2D eigenvalue weighted by Crippen LogP contribution is 2.31. The zero-order valence-corrected chi connectivity index (χ0v) is 13.3. The van der Waals surface area contributed by atoms with E-state index in [2.05, 4.69) is 28.8 Å². The van der Waals surface area contributed by atoms with Crippen LogP contribution < -0.4 is 10.6 Å². The number of carbonyl (C=O) groups is 2. The molecule has 2 heterocycles. The van der Waals surface area contributed by atoms with Crippen LogP contribution in [-0.2, 0) is 14.3 Å². The second kappa shape index (κ2) is 6.96. The van der Waals surface area contributed by atoms with Gasteiger partial charge in [0.15, 0.2) is 0 Å². The Bertz CT molecular complexity index is 622. The molecule has 1 unspecified atom stereocenters. The number of cyclic esters (lactones) is 1. The van der Waals surface area contributed by atoms with Crippen LogP contribution in [0.3, 0.4) is 0 Å². The van der Waals surface area contributed by atoms with Crippen molar-refractivity contribution < 1.29 is 14.3 Å². The van der Waals surface area contributed by atoms with Gasteiger partial charge in [0.25, 0.3) is 0 Å². The minimum absolute atomic E-state index is 0.107. The summed E-state index contributed by atoms with van der Waals surface area (Å²) in [6.45, 7) is 3.77. The van der Waals surface area contributed by atoms with E-state index in [1.165, 1.54) is 18.1 Å². The fraction of sp³-hybridized carbons (Fsp3) is 0.444. The first-order chi connectivity index (χ1) is 11.1. The molecular weight excluding hydrogens is 292 g/mol. The molecule has 0 spiro atoms. The fourth-order valence-corrected chi connectivity index (χ4v) is 3.12. The highest BCUT2D eigenvalue weighted by Gasteiger charge is 2.35. The Balaban J connectivity index is 1.66. The third-order valence-corrected chi connectivity index (χ3v) is 4.39. The van der Waals surface area contributed by atoms with E-state index in [-0.39, 0.29) is 23.9 Å². The second-order valence-electron chi connectivity index (χ2n) is 6.09. The lowest BCUT2D eigenvalue weighted by molar-refractivity contribution is -0.142. The van der Waals surface area contributed by atoms with Crippen molar-refractivity contribution >= 4 is 17.4 Å². The molecule has 0 bridgehead atoms. The number of hydrogen-bond acceptors (Lipinski definition) is 4. The lowest BCUT2D eigenvalue weighted by Crippen LogP contribution is -2.30. The van der Waals surface area contributed by atoms with Crippen molar-refractivity contribution in [2.75, 3.05) is 19.6 Å². The summed E-state index contributed by atoms with van der Waals surface area (Å²) in [5, 5.41) is 6.01. The molecule has 0 saturated carbocycles. The molecule has 2 aliphatic heterocycles. The number of amides is 1. The molecule has 3 rings (SSSR count). The van der Waals surface area contributed by atoms with Crippen LogP contribution in [0.4, 0.5) is 0 Å². The molecule has 0 aromatic heterocycles. The van der Waals surface area contributed by atoms with Gasteiger partial charge in [0.05, 0.1) is 12.5 Å². The summed E-state index contributed by atoms with van der Waals surface area (Å²) in [5.74, 6) is -0.539. The van der Waals surface area contributed by atoms with Crippen LogP contribution in [0, 0.1) is 0 Å². The fourth-order valence-electron chi connectivity index (χ4n) is 3.12. The Labute approximate surface area is 136 Å². The highest BCUT2D eigenvalue weighted by molar-refractivity contribution is 5.81. The zero-order valence-electron chi connectivity index (χ0n) is 13.3. The Morgan fingerprint density at radius 2 is 2.13 bits per heavy atom. The van der Waals surface area contributed by atoms with E-state index in [1.54, 1.807) is 0 Å². The molecule has 23 heavy (non-hydrogen) atoms. The lowest BCUT2D eigenvalue weighted by atomic mass is 9.92. The maximum absolute atomic E-state index is 12.1. The van der Waals surface area contributed by atoms with E-state index in [1.807, 2.05) is 12.1 Å². The summed E-state index contributed by atoms with van der Waals surface area (Å²) in [5.41, 5.74) is 3.56. The summed E-state index contributed by atoms with van der Waals surface area (Å²) in [4.78, 5) is 23.0. The van der Waals surface area contributed by atoms with Crippen LogP contribution in [0.25, 0.3) is 5.57 Å². The van der Waals surface area contributed by atoms with Gasteiger partial charge in [-0.05, 0) is 29.7 Å². The third-order valence-electron chi connectivity index (χ3n) is 4.39. The summed E-state index contributed by atoms with van der Waals surface area (Å²) in [7, 11) is 0. The molecule has 0 aliphatic carbocycles. The number of nitrogens with one attached hydrogen (secondary N) is 2. The number of ether oxygens (including phenoxy) is 1. The molecule has 0 radical (unpaired) electrons. The van der Waals surface area contributed by atoms with Crippen molar-refractivity contribution in [3.05, 3.63) is 41.5 Å². The lowest BCUT2D eigenvalue weighted by Gasteiger charge is -2.15. The van der Waals surface area contributed by atoms with Crippen LogP contribution in [0.2, 0.25) is 0 Å². The molecule has 2 N–H and O–H groups in total. The first-order valence-electron chi connectivity index (χ1n) is 8.08.